The lowest BCUT2D eigenvalue weighted by Gasteiger charge is -2.25. The molecule has 3 heterocycles. The maximum atomic E-state index is 15.2. The predicted octanol–water partition coefficient (Wildman–Crippen LogP) is 7.13. The zero-order valence-corrected chi connectivity index (χ0v) is 23.7. The van der Waals surface area contributed by atoms with Gasteiger partial charge in [-0.2, -0.15) is 0 Å². The molecule has 13 heteroatoms. The summed E-state index contributed by atoms with van der Waals surface area (Å²) < 4.78 is 15.7. The van der Waals surface area contributed by atoms with Crippen LogP contribution in [0.4, 0.5) is 9.52 Å². The molecule has 2 aromatic carbocycles. The van der Waals surface area contributed by atoms with Crippen molar-refractivity contribution in [2.24, 2.45) is 0 Å². The fraction of sp³-hybridized carbons (Fsp3) is 0.160. The Kier molecular flexibility index (Phi) is 7.56. The molecule has 0 bridgehead atoms. The van der Waals surface area contributed by atoms with Crippen molar-refractivity contribution in [3.8, 4) is 0 Å². The van der Waals surface area contributed by atoms with Crippen molar-refractivity contribution in [3.63, 3.8) is 0 Å². The van der Waals surface area contributed by atoms with Crippen LogP contribution in [-0.2, 0) is 10.5 Å². The average molecular weight is 608 g/mol. The van der Waals surface area contributed by atoms with Crippen LogP contribution < -0.4 is 4.90 Å². The lowest BCUT2D eigenvalue weighted by molar-refractivity contribution is -0.117. The minimum atomic E-state index is -1.36. The second-order valence-electron chi connectivity index (χ2n) is 8.18. The number of carbonyl (C=O) groups is 2. The smallest absolute Gasteiger partial charge is 0.296 e. The maximum absolute atomic E-state index is 15.2. The number of aryl methyl sites for hydroxylation is 2. The summed E-state index contributed by atoms with van der Waals surface area (Å²) in [5.41, 5.74) is 0.909. The molecule has 1 amide bonds. The number of anilines is 1. The Labute approximate surface area is 239 Å². The number of aliphatic hydroxyl groups is 1. The highest BCUT2D eigenvalue weighted by atomic mass is 35.5. The largest absolute Gasteiger partial charge is 0.503 e. The van der Waals surface area contributed by atoms with Gasteiger partial charge in [-0.1, -0.05) is 70.6 Å². The van der Waals surface area contributed by atoms with Gasteiger partial charge in [0, 0.05) is 21.4 Å². The molecule has 1 unspecified atom stereocenters. The van der Waals surface area contributed by atoms with E-state index in [2.05, 4.69) is 15.2 Å². The number of hydrogen-bond donors (Lipinski definition) is 1. The number of thiazole rings is 1. The number of thioether (sulfide) groups is 1. The van der Waals surface area contributed by atoms with Crippen molar-refractivity contribution >= 4 is 74.5 Å². The highest BCUT2D eigenvalue weighted by Crippen LogP contribution is 2.47. The number of carbonyl (C=O) groups excluding carboxylic acids is 2. The van der Waals surface area contributed by atoms with E-state index in [-0.39, 0.29) is 26.2 Å². The molecule has 1 atom stereocenters. The highest BCUT2D eigenvalue weighted by molar-refractivity contribution is 8.00. The Hall–Kier alpha value is -2.83. The maximum Gasteiger partial charge on any atom is 0.296 e. The number of rotatable bonds is 7. The van der Waals surface area contributed by atoms with Gasteiger partial charge >= 0.3 is 0 Å². The van der Waals surface area contributed by atoms with E-state index < -0.39 is 29.3 Å². The lowest BCUT2D eigenvalue weighted by Crippen LogP contribution is -2.31. The van der Waals surface area contributed by atoms with Crippen LogP contribution in [0.25, 0.3) is 0 Å². The molecule has 0 spiro atoms. The Morgan fingerprint density at radius 3 is 2.53 bits per heavy atom. The number of hydrogen-bond acceptors (Lipinski definition) is 9. The van der Waals surface area contributed by atoms with E-state index in [1.54, 1.807) is 19.9 Å². The molecule has 0 aliphatic carbocycles. The van der Waals surface area contributed by atoms with Crippen LogP contribution in [0.1, 0.15) is 37.5 Å². The van der Waals surface area contributed by atoms with Gasteiger partial charge in [0.1, 0.15) is 11.9 Å². The summed E-state index contributed by atoms with van der Waals surface area (Å²) >= 11 is 16.2. The molecule has 38 heavy (non-hydrogen) atoms. The molecular formula is C25H17Cl2FN4O3S3. The second kappa shape index (κ2) is 10.7. The molecule has 0 radical (unpaired) electrons. The van der Waals surface area contributed by atoms with Gasteiger partial charge in [0.2, 0.25) is 10.9 Å². The summed E-state index contributed by atoms with van der Waals surface area (Å²) in [5, 5.41) is 20.6. The van der Waals surface area contributed by atoms with Gasteiger partial charge in [0.15, 0.2) is 10.1 Å². The minimum Gasteiger partial charge on any atom is -0.503 e. The molecule has 0 saturated carbocycles. The molecule has 1 N–H and O–H groups in total. The Morgan fingerprint density at radius 2 is 1.84 bits per heavy atom. The fourth-order valence-electron chi connectivity index (χ4n) is 4.06. The SMILES string of the molecule is Cc1nc(C)c(C(=O)C2=C(O)C(=O)N(c3nnc(SCc4ccccc4Cl)s3)C2c2c(F)cccc2Cl)s1. The van der Waals surface area contributed by atoms with Crippen LogP contribution in [0, 0.1) is 19.7 Å². The topological polar surface area (TPSA) is 96.3 Å². The Bertz CT molecular complexity index is 1600. The van der Waals surface area contributed by atoms with E-state index in [0.717, 1.165) is 33.1 Å². The lowest BCUT2D eigenvalue weighted by atomic mass is 9.94. The van der Waals surface area contributed by atoms with Crippen molar-refractivity contribution in [1.29, 1.82) is 0 Å². The summed E-state index contributed by atoms with van der Waals surface area (Å²) in [6, 6.07) is 10.1. The van der Waals surface area contributed by atoms with Crippen LogP contribution in [0.2, 0.25) is 10.0 Å². The zero-order chi connectivity index (χ0) is 27.1. The zero-order valence-electron chi connectivity index (χ0n) is 19.7. The van der Waals surface area contributed by atoms with Crippen LogP contribution in [0.15, 0.2) is 58.1 Å². The summed E-state index contributed by atoms with van der Waals surface area (Å²) in [6.45, 7) is 3.39. The van der Waals surface area contributed by atoms with Crippen LogP contribution in [0.3, 0.4) is 0 Å². The van der Waals surface area contributed by atoms with E-state index in [0.29, 0.717) is 25.8 Å². The first-order valence-electron chi connectivity index (χ1n) is 11.1. The molecule has 1 aliphatic rings. The number of aromatic nitrogens is 3. The molecule has 7 nitrogen and oxygen atoms in total. The molecule has 5 rings (SSSR count). The number of aliphatic hydroxyl groups excluding tert-OH is 1. The molecule has 4 aromatic rings. The molecule has 0 saturated heterocycles. The summed E-state index contributed by atoms with van der Waals surface area (Å²) in [4.78, 5) is 32.6. The van der Waals surface area contributed by atoms with Gasteiger partial charge in [0.05, 0.1) is 21.2 Å². The van der Waals surface area contributed by atoms with E-state index >= 15 is 4.39 Å². The van der Waals surface area contributed by atoms with Gasteiger partial charge < -0.3 is 5.11 Å². The summed E-state index contributed by atoms with van der Waals surface area (Å²) in [6.07, 6.45) is 0. The standard InChI is InChI=1S/C25H17Cl2FN4O3S3/c1-11-22(37-12(2)29-11)20(33)18-19(17-15(27)8-5-9-16(17)28)32(23(35)21(18)34)24-30-31-25(38-24)36-10-13-6-3-4-7-14(13)26/h3-9,19,34H,10H2,1-2H3. The van der Waals surface area contributed by atoms with Crippen molar-refractivity contribution in [2.75, 3.05) is 4.90 Å². The van der Waals surface area contributed by atoms with Gasteiger partial charge in [-0.05, 0) is 37.6 Å². The molecule has 2 aromatic heterocycles. The first kappa shape index (κ1) is 26.8. The number of amides is 1. The molecular weight excluding hydrogens is 590 g/mol. The number of ketones is 1. The predicted molar refractivity (Wildman–Crippen MR) is 148 cm³/mol. The fourth-order valence-corrected chi connectivity index (χ4v) is 7.35. The van der Waals surface area contributed by atoms with Crippen molar-refractivity contribution in [3.05, 3.63) is 96.4 Å². The Morgan fingerprint density at radius 1 is 1.11 bits per heavy atom. The molecule has 0 fully saturated rings. The summed E-state index contributed by atoms with van der Waals surface area (Å²) in [7, 11) is 0. The molecule has 1 aliphatic heterocycles. The number of Topliss-reactive ketones (excluding diaryl/α,β-unsaturated/α-hetero) is 1. The normalized spacial score (nSPS) is 15.6. The monoisotopic (exact) mass is 606 g/mol. The third-order valence-corrected chi connectivity index (χ3v) is 9.62. The van der Waals surface area contributed by atoms with Gasteiger partial charge in [0.25, 0.3) is 5.91 Å². The first-order chi connectivity index (χ1) is 18.2. The third-order valence-electron chi connectivity index (χ3n) is 5.75. The van der Waals surface area contributed by atoms with Crippen molar-refractivity contribution in [2.45, 2.75) is 30.0 Å². The quantitative estimate of drug-likeness (QED) is 0.136. The van der Waals surface area contributed by atoms with E-state index in [1.165, 1.54) is 30.0 Å². The number of nitrogens with zero attached hydrogens (tertiary/aromatic N) is 4. The van der Waals surface area contributed by atoms with Gasteiger partial charge in [-0.25, -0.2) is 9.37 Å². The average Bonchev–Trinajstić information content (AvgIpc) is 3.54. The number of benzene rings is 2. The van der Waals surface area contributed by atoms with E-state index in [9.17, 15) is 14.7 Å². The van der Waals surface area contributed by atoms with Crippen molar-refractivity contribution < 1.29 is 19.1 Å². The number of halogens is 3. The minimum absolute atomic E-state index is 0.0113. The third kappa shape index (κ3) is 4.85. The highest BCUT2D eigenvalue weighted by Gasteiger charge is 2.48. The van der Waals surface area contributed by atoms with Crippen LogP contribution >= 0.6 is 57.6 Å². The first-order valence-corrected chi connectivity index (χ1v) is 14.4. The molecule has 194 valence electrons. The Balaban J connectivity index is 1.56. The van der Waals surface area contributed by atoms with Crippen molar-refractivity contribution in [1.82, 2.24) is 15.2 Å². The van der Waals surface area contributed by atoms with E-state index in [4.69, 9.17) is 23.2 Å². The van der Waals surface area contributed by atoms with Gasteiger partial charge in [-0.15, -0.1) is 21.5 Å². The summed E-state index contributed by atoms with van der Waals surface area (Å²) in [5.74, 6) is -2.58. The van der Waals surface area contributed by atoms with Gasteiger partial charge in [-0.3, -0.25) is 14.5 Å². The second-order valence-corrected chi connectivity index (χ2v) is 12.4. The van der Waals surface area contributed by atoms with Crippen LogP contribution in [0.5, 0.6) is 0 Å². The van der Waals surface area contributed by atoms with Crippen LogP contribution in [-0.4, -0.2) is 32.0 Å². The van der Waals surface area contributed by atoms with E-state index in [1.807, 2.05) is 18.2 Å².